The Morgan fingerprint density at radius 1 is 0.520 bits per heavy atom. The van der Waals surface area contributed by atoms with Crippen molar-refractivity contribution in [1.82, 2.24) is 0 Å². The fourth-order valence-corrected chi connectivity index (χ4v) is 5.40. The van der Waals surface area contributed by atoms with Crippen molar-refractivity contribution < 1.29 is 24.2 Å². The third-order valence-corrected chi connectivity index (χ3v) is 8.02. The van der Waals surface area contributed by atoms with E-state index in [1.807, 2.05) is 30.3 Å². The molecule has 0 aliphatic heterocycles. The first-order chi connectivity index (χ1) is 24.3. The second-order valence-electron chi connectivity index (χ2n) is 11.3. The van der Waals surface area contributed by atoms with E-state index in [0.29, 0.717) is 44.5 Å². The second kappa shape index (κ2) is 13.6. The molecule has 0 radical (unpaired) electrons. The van der Waals surface area contributed by atoms with Gasteiger partial charge in [0.05, 0.1) is 17.1 Å². The Kier molecular flexibility index (Phi) is 8.56. The lowest BCUT2D eigenvalue weighted by Gasteiger charge is -2.09. The Labute approximate surface area is 284 Å². The molecule has 0 spiro atoms. The van der Waals surface area contributed by atoms with Gasteiger partial charge in [-0.05, 0) is 95.7 Å². The number of carbonyl (C=O) groups is 2. The standard InChI is InChI=1S/C40H26FN5O4/c41-33-7-3-4-8-34(33)42-40(50)28-13-20-32-27(23-28)15-22-36(48)38(32)46-44-30-18-11-26(12-19-30)39(49)25-9-16-29(17-10-25)43-45-37-31-6-2-1-5-24(31)14-21-35(37)47/h1-23,47-48H,(H,42,50). The number of anilines is 1. The first kappa shape index (κ1) is 31.5. The first-order valence-electron chi connectivity index (χ1n) is 15.4. The lowest BCUT2D eigenvalue weighted by Crippen LogP contribution is -2.12. The number of phenols is 2. The molecule has 0 aromatic heterocycles. The topological polar surface area (TPSA) is 136 Å². The maximum Gasteiger partial charge on any atom is 0.255 e. The Morgan fingerprint density at radius 2 is 1.04 bits per heavy atom. The molecule has 9 nitrogen and oxygen atoms in total. The monoisotopic (exact) mass is 659 g/mol. The molecule has 0 atom stereocenters. The summed E-state index contributed by atoms with van der Waals surface area (Å²) >= 11 is 0. The molecule has 0 bridgehead atoms. The zero-order valence-corrected chi connectivity index (χ0v) is 26.2. The van der Waals surface area contributed by atoms with Crippen molar-refractivity contribution >= 4 is 61.7 Å². The van der Waals surface area contributed by atoms with Crippen molar-refractivity contribution in [2.24, 2.45) is 20.5 Å². The summed E-state index contributed by atoms with van der Waals surface area (Å²) in [7, 11) is 0. The summed E-state index contributed by atoms with van der Waals surface area (Å²) in [6.45, 7) is 0. The van der Waals surface area contributed by atoms with Crippen molar-refractivity contribution in [3.8, 4) is 11.5 Å². The van der Waals surface area contributed by atoms with E-state index in [9.17, 15) is 24.2 Å². The van der Waals surface area contributed by atoms with Gasteiger partial charge in [-0.2, -0.15) is 10.2 Å². The molecule has 7 aromatic carbocycles. The molecular weight excluding hydrogens is 633 g/mol. The number of fused-ring (bicyclic) bond motifs is 2. The number of rotatable bonds is 8. The van der Waals surface area contributed by atoms with Crippen LogP contribution in [0.25, 0.3) is 21.5 Å². The van der Waals surface area contributed by atoms with Gasteiger partial charge in [-0.25, -0.2) is 4.39 Å². The quantitative estimate of drug-likeness (QED) is 0.110. The minimum Gasteiger partial charge on any atom is -0.506 e. The van der Waals surface area contributed by atoms with E-state index in [0.717, 1.165) is 10.8 Å². The molecule has 7 aromatic rings. The van der Waals surface area contributed by atoms with Crippen LogP contribution in [0.2, 0.25) is 0 Å². The number of hydrogen-bond acceptors (Lipinski definition) is 8. The predicted octanol–water partition coefficient (Wildman–Crippen LogP) is 10.9. The number of para-hydroxylation sites is 1. The number of halogens is 1. The summed E-state index contributed by atoms with van der Waals surface area (Å²) in [6.07, 6.45) is 0. The molecule has 242 valence electrons. The minimum absolute atomic E-state index is 0.0232. The summed E-state index contributed by atoms with van der Waals surface area (Å²) in [6, 6.07) is 38.0. The molecule has 0 aliphatic rings. The van der Waals surface area contributed by atoms with E-state index in [4.69, 9.17) is 0 Å². The van der Waals surface area contributed by atoms with E-state index in [2.05, 4.69) is 25.8 Å². The van der Waals surface area contributed by atoms with E-state index < -0.39 is 11.7 Å². The largest absolute Gasteiger partial charge is 0.506 e. The lowest BCUT2D eigenvalue weighted by atomic mass is 10.0. The average Bonchev–Trinajstić information content (AvgIpc) is 3.15. The number of carbonyl (C=O) groups excluding carboxylic acids is 2. The van der Waals surface area contributed by atoms with Crippen LogP contribution in [-0.2, 0) is 0 Å². The summed E-state index contributed by atoms with van der Waals surface area (Å²) < 4.78 is 14.0. The summed E-state index contributed by atoms with van der Waals surface area (Å²) in [4.78, 5) is 25.9. The molecule has 0 aliphatic carbocycles. The van der Waals surface area contributed by atoms with Gasteiger partial charge >= 0.3 is 0 Å². The van der Waals surface area contributed by atoms with E-state index >= 15 is 0 Å². The number of amides is 1. The van der Waals surface area contributed by atoms with Crippen LogP contribution in [0.1, 0.15) is 26.3 Å². The number of azo groups is 2. The van der Waals surface area contributed by atoms with Crippen molar-refractivity contribution in [2.75, 3.05) is 5.32 Å². The highest BCUT2D eigenvalue weighted by Gasteiger charge is 2.14. The van der Waals surface area contributed by atoms with Crippen LogP contribution in [0.15, 0.2) is 160 Å². The van der Waals surface area contributed by atoms with Gasteiger partial charge in [-0.1, -0.05) is 54.6 Å². The van der Waals surface area contributed by atoms with Gasteiger partial charge < -0.3 is 15.5 Å². The van der Waals surface area contributed by atoms with Crippen LogP contribution < -0.4 is 5.32 Å². The Bertz CT molecular complexity index is 2480. The maximum absolute atomic E-state index is 14.0. The zero-order valence-electron chi connectivity index (χ0n) is 26.2. The number of ketones is 1. The van der Waals surface area contributed by atoms with Crippen LogP contribution in [0.4, 0.5) is 32.8 Å². The van der Waals surface area contributed by atoms with Crippen LogP contribution in [0.3, 0.4) is 0 Å². The van der Waals surface area contributed by atoms with Gasteiger partial charge in [0.2, 0.25) is 0 Å². The Balaban J connectivity index is 1.04. The molecule has 0 saturated carbocycles. The third-order valence-electron chi connectivity index (χ3n) is 8.02. The number of phenolic OH excluding ortho intramolecular Hbond substituents is 2. The van der Waals surface area contributed by atoms with Gasteiger partial charge in [0.25, 0.3) is 5.91 Å². The van der Waals surface area contributed by atoms with Gasteiger partial charge in [0.15, 0.2) is 5.78 Å². The molecule has 50 heavy (non-hydrogen) atoms. The Morgan fingerprint density at radius 3 is 1.66 bits per heavy atom. The minimum atomic E-state index is -0.541. The van der Waals surface area contributed by atoms with Crippen molar-refractivity contribution in [3.05, 3.63) is 162 Å². The molecule has 0 unspecified atom stereocenters. The van der Waals surface area contributed by atoms with Crippen molar-refractivity contribution in [1.29, 1.82) is 0 Å². The highest BCUT2D eigenvalue weighted by atomic mass is 19.1. The number of hydrogen-bond donors (Lipinski definition) is 3. The fourth-order valence-electron chi connectivity index (χ4n) is 5.40. The SMILES string of the molecule is O=C(Nc1ccccc1F)c1ccc2c(N=Nc3ccc(C(=O)c4ccc(N=Nc5c(O)ccc6ccccc56)cc4)cc3)c(O)ccc2c1. The van der Waals surface area contributed by atoms with Gasteiger partial charge in [-0.15, -0.1) is 10.2 Å². The molecular formula is C40H26FN5O4. The third kappa shape index (κ3) is 6.54. The fraction of sp³-hybridized carbons (Fsp3) is 0. The molecule has 3 N–H and O–H groups in total. The van der Waals surface area contributed by atoms with E-state index in [1.54, 1.807) is 84.9 Å². The van der Waals surface area contributed by atoms with Crippen molar-refractivity contribution in [2.45, 2.75) is 0 Å². The number of nitrogens with one attached hydrogen (secondary N) is 1. The molecule has 0 saturated heterocycles. The summed E-state index contributed by atoms with van der Waals surface area (Å²) in [5.74, 6) is -1.31. The summed E-state index contributed by atoms with van der Waals surface area (Å²) in [5.41, 5.74) is 2.80. The highest BCUT2D eigenvalue weighted by Crippen LogP contribution is 2.38. The highest BCUT2D eigenvalue weighted by molar-refractivity contribution is 6.09. The molecule has 10 heteroatoms. The van der Waals surface area contributed by atoms with Crippen LogP contribution >= 0.6 is 0 Å². The van der Waals surface area contributed by atoms with Gasteiger partial charge in [0, 0.05) is 27.5 Å². The predicted molar refractivity (Wildman–Crippen MR) is 190 cm³/mol. The zero-order chi connectivity index (χ0) is 34.6. The molecule has 0 heterocycles. The van der Waals surface area contributed by atoms with Gasteiger partial charge in [-0.3, -0.25) is 9.59 Å². The molecule has 7 rings (SSSR count). The van der Waals surface area contributed by atoms with Crippen LogP contribution in [0, 0.1) is 5.82 Å². The average molecular weight is 660 g/mol. The van der Waals surface area contributed by atoms with Crippen molar-refractivity contribution in [3.63, 3.8) is 0 Å². The smallest absolute Gasteiger partial charge is 0.255 e. The number of aromatic hydroxyl groups is 2. The number of nitrogens with zero attached hydrogens (tertiary/aromatic N) is 4. The summed E-state index contributed by atoms with van der Waals surface area (Å²) in [5, 5.41) is 43.4. The second-order valence-corrected chi connectivity index (χ2v) is 11.3. The molecule has 0 fully saturated rings. The maximum atomic E-state index is 14.0. The van der Waals surface area contributed by atoms with Gasteiger partial charge in [0.1, 0.15) is 28.7 Å². The number of benzene rings is 7. The van der Waals surface area contributed by atoms with Crippen LogP contribution in [0.5, 0.6) is 11.5 Å². The van der Waals surface area contributed by atoms with Crippen LogP contribution in [-0.4, -0.2) is 21.9 Å². The lowest BCUT2D eigenvalue weighted by molar-refractivity contribution is 0.102. The van der Waals surface area contributed by atoms with E-state index in [1.165, 1.54) is 24.3 Å². The Hall–Kier alpha value is -7.07. The first-order valence-corrected chi connectivity index (χ1v) is 15.4. The normalized spacial score (nSPS) is 11.5. The van der Waals surface area contributed by atoms with E-state index in [-0.39, 0.29) is 28.7 Å². The molecule has 1 amide bonds.